The Morgan fingerprint density at radius 2 is 2.25 bits per heavy atom. The van der Waals surface area contributed by atoms with Gasteiger partial charge in [0.05, 0.1) is 12.2 Å². The number of carbonyl (C=O) groups excluding carboxylic acids is 1. The monoisotopic (exact) mass is 288 g/mol. The highest BCUT2D eigenvalue weighted by Gasteiger charge is 2.22. The molecule has 0 saturated carbocycles. The van der Waals surface area contributed by atoms with Crippen molar-refractivity contribution in [2.45, 2.75) is 18.9 Å². The largest absolute Gasteiger partial charge is 0.339 e. The van der Waals surface area contributed by atoms with Gasteiger partial charge < -0.3 is 4.90 Å². The maximum atomic E-state index is 12.1. The van der Waals surface area contributed by atoms with Crippen LogP contribution in [0.2, 0.25) is 0 Å². The van der Waals surface area contributed by atoms with Gasteiger partial charge in [0.15, 0.2) is 0 Å². The molecule has 0 aliphatic carbocycles. The Labute approximate surface area is 121 Å². The van der Waals surface area contributed by atoms with Gasteiger partial charge in [-0.25, -0.2) is 4.68 Å². The third-order valence-electron chi connectivity index (χ3n) is 3.52. The minimum absolute atomic E-state index is 0.0930. The normalized spacial score (nSPS) is 16.9. The van der Waals surface area contributed by atoms with Crippen molar-refractivity contribution in [3.63, 3.8) is 0 Å². The number of piperidine rings is 1. The highest BCUT2D eigenvalue weighted by atomic mass is 32.1. The van der Waals surface area contributed by atoms with Crippen LogP contribution in [0.1, 0.15) is 23.8 Å². The fourth-order valence-corrected chi connectivity index (χ4v) is 3.03. The summed E-state index contributed by atoms with van der Waals surface area (Å²) in [4.78, 5) is 15.1. The molecule has 0 bridgehead atoms. The highest BCUT2D eigenvalue weighted by molar-refractivity contribution is 7.10. The molecule has 1 aliphatic rings. The van der Waals surface area contributed by atoms with Crippen LogP contribution < -0.4 is 0 Å². The lowest BCUT2D eigenvalue weighted by atomic mass is 10.1. The van der Waals surface area contributed by atoms with Crippen LogP contribution in [0.3, 0.4) is 0 Å². The third-order valence-corrected chi connectivity index (χ3v) is 4.36. The number of hydrogen-bond donors (Lipinski definition) is 0. The van der Waals surface area contributed by atoms with Crippen LogP contribution in [0.15, 0.2) is 36.0 Å². The number of nitrogens with zero attached hydrogens (tertiary/aromatic N) is 4. The topological polar surface area (TPSA) is 51.0 Å². The molecule has 0 spiro atoms. The van der Waals surface area contributed by atoms with Crippen molar-refractivity contribution < 1.29 is 4.79 Å². The Morgan fingerprint density at radius 3 is 2.90 bits per heavy atom. The van der Waals surface area contributed by atoms with Crippen LogP contribution in [-0.4, -0.2) is 38.9 Å². The zero-order valence-corrected chi connectivity index (χ0v) is 11.9. The number of thiophene rings is 1. The van der Waals surface area contributed by atoms with Crippen LogP contribution in [-0.2, 0) is 4.79 Å². The van der Waals surface area contributed by atoms with Crippen LogP contribution in [0.25, 0.3) is 6.08 Å². The Balaban J connectivity index is 1.54. The summed E-state index contributed by atoms with van der Waals surface area (Å²) in [6.07, 6.45) is 9.00. The van der Waals surface area contributed by atoms with E-state index in [2.05, 4.69) is 10.3 Å². The zero-order chi connectivity index (χ0) is 13.8. The molecule has 1 saturated heterocycles. The molecule has 0 radical (unpaired) electrons. The molecule has 0 N–H and O–H groups in total. The molecule has 2 aromatic rings. The second-order valence-corrected chi connectivity index (χ2v) is 5.77. The fourth-order valence-electron chi connectivity index (χ4n) is 2.41. The summed E-state index contributed by atoms with van der Waals surface area (Å²) in [5, 5.41) is 9.87. The minimum Gasteiger partial charge on any atom is -0.339 e. The molecular formula is C14H16N4OS. The minimum atomic E-state index is 0.0930. The molecule has 6 heteroatoms. The Hall–Kier alpha value is -1.95. The van der Waals surface area contributed by atoms with Gasteiger partial charge in [-0.3, -0.25) is 4.79 Å². The van der Waals surface area contributed by atoms with E-state index in [0.717, 1.165) is 30.8 Å². The van der Waals surface area contributed by atoms with Gasteiger partial charge in [-0.15, -0.1) is 16.4 Å². The number of rotatable bonds is 3. The van der Waals surface area contributed by atoms with E-state index < -0.39 is 0 Å². The molecule has 1 amide bonds. The lowest BCUT2D eigenvalue weighted by Crippen LogP contribution is -2.38. The van der Waals surface area contributed by atoms with Gasteiger partial charge >= 0.3 is 0 Å². The SMILES string of the molecule is O=C(/C=C/c1cccs1)N1CCC(n2ccnn2)CC1. The molecule has 2 aromatic heterocycles. The standard InChI is InChI=1S/C14H16N4OS/c19-14(4-3-13-2-1-11-20-13)17-8-5-12(6-9-17)18-10-7-15-16-18/h1-4,7,10-12H,5-6,8-9H2/b4-3+. The number of carbonyl (C=O) groups is 1. The van der Waals surface area contributed by atoms with E-state index in [9.17, 15) is 4.79 Å². The first kappa shape index (κ1) is 13.1. The Kier molecular flexibility index (Phi) is 3.92. The van der Waals surface area contributed by atoms with Crippen LogP contribution >= 0.6 is 11.3 Å². The molecule has 0 unspecified atom stereocenters. The van der Waals surface area contributed by atoms with E-state index in [0.29, 0.717) is 6.04 Å². The lowest BCUT2D eigenvalue weighted by Gasteiger charge is -2.31. The molecule has 20 heavy (non-hydrogen) atoms. The highest BCUT2D eigenvalue weighted by Crippen LogP contribution is 2.21. The maximum absolute atomic E-state index is 12.1. The van der Waals surface area contributed by atoms with Gasteiger partial charge in [0, 0.05) is 30.2 Å². The quantitative estimate of drug-likeness (QED) is 0.814. The number of hydrogen-bond acceptors (Lipinski definition) is 4. The summed E-state index contributed by atoms with van der Waals surface area (Å²) in [5.41, 5.74) is 0. The lowest BCUT2D eigenvalue weighted by molar-refractivity contribution is -0.127. The number of likely N-dealkylation sites (tertiary alicyclic amines) is 1. The van der Waals surface area contributed by atoms with Gasteiger partial charge in [0.25, 0.3) is 0 Å². The van der Waals surface area contributed by atoms with Crippen molar-refractivity contribution in [2.75, 3.05) is 13.1 Å². The summed E-state index contributed by atoms with van der Waals surface area (Å²) < 4.78 is 1.89. The van der Waals surface area contributed by atoms with Crippen LogP contribution in [0.4, 0.5) is 0 Å². The van der Waals surface area contributed by atoms with E-state index in [1.54, 1.807) is 23.6 Å². The molecular weight excluding hydrogens is 272 g/mol. The molecule has 3 heterocycles. The van der Waals surface area contributed by atoms with Gasteiger partial charge in [0.1, 0.15) is 0 Å². The molecule has 3 rings (SSSR count). The zero-order valence-electron chi connectivity index (χ0n) is 11.1. The molecule has 1 aliphatic heterocycles. The third kappa shape index (κ3) is 2.96. The number of aromatic nitrogens is 3. The summed E-state index contributed by atoms with van der Waals surface area (Å²) in [5.74, 6) is 0.0930. The van der Waals surface area contributed by atoms with E-state index in [1.165, 1.54) is 0 Å². The fraction of sp³-hybridized carbons (Fsp3) is 0.357. The second kappa shape index (κ2) is 6.00. The van der Waals surface area contributed by atoms with Crippen molar-refractivity contribution >= 4 is 23.3 Å². The molecule has 0 atom stereocenters. The summed E-state index contributed by atoms with van der Waals surface area (Å²) in [6.45, 7) is 1.55. The maximum Gasteiger partial charge on any atom is 0.246 e. The Morgan fingerprint density at radius 1 is 1.40 bits per heavy atom. The average molecular weight is 288 g/mol. The van der Waals surface area contributed by atoms with Crippen molar-refractivity contribution in [1.29, 1.82) is 0 Å². The smallest absolute Gasteiger partial charge is 0.246 e. The van der Waals surface area contributed by atoms with E-state index in [4.69, 9.17) is 0 Å². The van der Waals surface area contributed by atoms with Crippen LogP contribution in [0, 0.1) is 0 Å². The van der Waals surface area contributed by atoms with Gasteiger partial charge in [-0.2, -0.15) is 0 Å². The van der Waals surface area contributed by atoms with Gasteiger partial charge in [0.2, 0.25) is 5.91 Å². The van der Waals surface area contributed by atoms with Crippen molar-refractivity contribution in [2.24, 2.45) is 0 Å². The van der Waals surface area contributed by atoms with E-state index in [-0.39, 0.29) is 5.91 Å². The average Bonchev–Trinajstić information content (AvgIpc) is 3.18. The van der Waals surface area contributed by atoms with Gasteiger partial charge in [-0.1, -0.05) is 11.3 Å². The molecule has 0 aromatic carbocycles. The summed E-state index contributed by atoms with van der Waals surface area (Å²) >= 11 is 1.63. The van der Waals surface area contributed by atoms with Crippen molar-refractivity contribution in [1.82, 2.24) is 19.9 Å². The summed E-state index contributed by atoms with van der Waals surface area (Å²) in [7, 11) is 0. The Bertz CT molecular complexity index is 568. The second-order valence-electron chi connectivity index (χ2n) is 4.79. The first-order chi connectivity index (χ1) is 9.83. The first-order valence-corrected chi connectivity index (χ1v) is 7.57. The predicted octanol–water partition coefficient (Wildman–Crippen LogP) is 2.22. The molecule has 1 fully saturated rings. The van der Waals surface area contributed by atoms with Crippen molar-refractivity contribution in [3.05, 3.63) is 40.9 Å². The van der Waals surface area contributed by atoms with E-state index >= 15 is 0 Å². The number of amides is 1. The summed E-state index contributed by atoms with van der Waals surface area (Å²) in [6, 6.07) is 4.35. The first-order valence-electron chi connectivity index (χ1n) is 6.69. The van der Waals surface area contributed by atoms with Crippen LogP contribution in [0.5, 0.6) is 0 Å². The van der Waals surface area contributed by atoms with Crippen molar-refractivity contribution in [3.8, 4) is 0 Å². The predicted molar refractivity (Wildman–Crippen MR) is 78.2 cm³/mol. The molecule has 5 nitrogen and oxygen atoms in total. The van der Waals surface area contributed by atoms with Gasteiger partial charge in [-0.05, 0) is 30.4 Å². The van der Waals surface area contributed by atoms with E-state index in [1.807, 2.05) is 39.4 Å². The molecule has 104 valence electrons.